The Hall–Kier alpha value is -2.74. The van der Waals surface area contributed by atoms with Crippen LogP contribution in [-0.4, -0.2) is 50.0 Å². The first-order chi connectivity index (χ1) is 13.3. The van der Waals surface area contributed by atoms with Crippen molar-refractivity contribution >= 4 is 11.9 Å². The average Bonchev–Trinajstić information content (AvgIpc) is 3.45. The molecule has 1 atom stereocenters. The predicted octanol–water partition coefficient (Wildman–Crippen LogP) is 1.49. The van der Waals surface area contributed by atoms with Crippen LogP contribution < -0.4 is 16.0 Å². The summed E-state index contributed by atoms with van der Waals surface area (Å²) < 4.78 is 10.8. The quantitative estimate of drug-likeness (QED) is 0.479. The van der Waals surface area contributed by atoms with E-state index in [1.165, 1.54) is 12.8 Å². The molecule has 2 aromatic rings. The highest BCUT2D eigenvalue weighted by atomic mass is 16.3. The number of furan rings is 2. The van der Waals surface area contributed by atoms with E-state index in [1.807, 2.05) is 18.2 Å². The number of likely N-dealkylation sites (tertiary alicyclic amines) is 1. The van der Waals surface area contributed by atoms with Crippen LogP contribution in [0.3, 0.4) is 0 Å². The Balaban J connectivity index is 1.45. The van der Waals surface area contributed by atoms with Crippen LogP contribution in [0.4, 0.5) is 0 Å². The lowest BCUT2D eigenvalue weighted by Gasteiger charge is -2.26. The van der Waals surface area contributed by atoms with Gasteiger partial charge in [-0.15, -0.1) is 0 Å². The third-order valence-corrected chi connectivity index (χ3v) is 4.60. The lowest BCUT2D eigenvalue weighted by Crippen LogP contribution is -2.45. The normalized spacial score (nSPS) is 16.3. The van der Waals surface area contributed by atoms with Crippen molar-refractivity contribution in [2.75, 3.05) is 33.2 Å². The molecule has 2 aromatic heterocycles. The summed E-state index contributed by atoms with van der Waals surface area (Å²) >= 11 is 0. The Morgan fingerprint density at radius 2 is 1.93 bits per heavy atom. The number of hydrogen-bond donors (Lipinski definition) is 3. The minimum atomic E-state index is -0.128. The van der Waals surface area contributed by atoms with E-state index in [9.17, 15) is 4.79 Å². The molecular formula is C19H27N5O3. The van der Waals surface area contributed by atoms with E-state index in [0.717, 1.165) is 24.6 Å². The number of carbonyl (C=O) groups is 1. The molecule has 0 saturated carbocycles. The van der Waals surface area contributed by atoms with Crippen molar-refractivity contribution in [2.24, 2.45) is 4.99 Å². The summed E-state index contributed by atoms with van der Waals surface area (Å²) in [6.45, 7) is 3.29. The summed E-state index contributed by atoms with van der Waals surface area (Å²) in [7, 11) is 1.69. The van der Waals surface area contributed by atoms with E-state index in [2.05, 4.69) is 25.8 Å². The molecule has 0 aromatic carbocycles. The second-order valence-electron chi connectivity index (χ2n) is 6.44. The monoisotopic (exact) mass is 373 g/mol. The van der Waals surface area contributed by atoms with Crippen molar-refractivity contribution in [3.8, 4) is 0 Å². The standard InChI is InChI=1S/C19H27N5O3/c1-20-19(23-14-18(25)21-12-15-6-4-10-26-15)22-13-16(17-7-5-11-27-17)24-8-2-3-9-24/h4-7,10-11,16H,2-3,8-9,12-14H2,1H3,(H,21,25)(H2,20,22,23). The van der Waals surface area contributed by atoms with Crippen LogP contribution >= 0.6 is 0 Å². The number of nitrogens with zero attached hydrogens (tertiary/aromatic N) is 2. The minimum absolute atomic E-state index is 0.128. The number of guanidine groups is 1. The highest BCUT2D eigenvalue weighted by molar-refractivity contribution is 5.86. The first-order valence-corrected chi connectivity index (χ1v) is 9.27. The molecule has 1 aliphatic rings. The SMILES string of the molecule is CN=C(NCC(=O)NCc1ccco1)NCC(c1ccco1)N1CCCC1. The lowest BCUT2D eigenvalue weighted by molar-refractivity contribution is -0.120. The molecule has 1 amide bonds. The Labute approximate surface area is 159 Å². The van der Waals surface area contributed by atoms with E-state index >= 15 is 0 Å². The molecule has 0 radical (unpaired) electrons. The van der Waals surface area contributed by atoms with Gasteiger partial charge in [0.05, 0.1) is 31.7 Å². The zero-order valence-corrected chi connectivity index (χ0v) is 15.6. The fraction of sp³-hybridized carbons (Fsp3) is 0.474. The van der Waals surface area contributed by atoms with Gasteiger partial charge in [-0.25, -0.2) is 0 Å². The minimum Gasteiger partial charge on any atom is -0.468 e. The predicted molar refractivity (Wildman–Crippen MR) is 102 cm³/mol. The summed E-state index contributed by atoms with van der Waals surface area (Å²) in [6, 6.07) is 7.68. The number of aliphatic imine (C=N–C) groups is 1. The van der Waals surface area contributed by atoms with Crippen molar-refractivity contribution in [2.45, 2.75) is 25.4 Å². The topological polar surface area (TPSA) is 95.0 Å². The summed E-state index contributed by atoms with van der Waals surface area (Å²) in [5.74, 6) is 2.11. The van der Waals surface area contributed by atoms with E-state index in [-0.39, 0.29) is 18.5 Å². The molecule has 0 aliphatic carbocycles. The third-order valence-electron chi connectivity index (χ3n) is 4.60. The second kappa shape index (κ2) is 9.82. The lowest BCUT2D eigenvalue weighted by atomic mass is 10.2. The Morgan fingerprint density at radius 3 is 2.59 bits per heavy atom. The Kier molecular flexibility index (Phi) is 6.92. The highest BCUT2D eigenvalue weighted by Crippen LogP contribution is 2.24. The van der Waals surface area contributed by atoms with Crippen molar-refractivity contribution in [1.29, 1.82) is 0 Å². The van der Waals surface area contributed by atoms with Gasteiger partial charge in [0.2, 0.25) is 5.91 Å². The molecule has 0 bridgehead atoms. The summed E-state index contributed by atoms with van der Waals surface area (Å²) in [4.78, 5) is 18.6. The van der Waals surface area contributed by atoms with E-state index in [0.29, 0.717) is 19.0 Å². The summed E-state index contributed by atoms with van der Waals surface area (Å²) in [5, 5.41) is 9.13. The van der Waals surface area contributed by atoms with Gasteiger partial charge >= 0.3 is 0 Å². The maximum absolute atomic E-state index is 12.0. The molecule has 1 fully saturated rings. The number of hydrogen-bond acceptors (Lipinski definition) is 5. The molecule has 146 valence electrons. The van der Waals surface area contributed by atoms with E-state index < -0.39 is 0 Å². The summed E-state index contributed by atoms with van der Waals surface area (Å²) in [5.41, 5.74) is 0. The number of rotatable bonds is 8. The first-order valence-electron chi connectivity index (χ1n) is 9.27. The number of carbonyl (C=O) groups excluding carboxylic acids is 1. The van der Waals surface area contributed by atoms with E-state index in [1.54, 1.807) is 25.6 Å². The van der Waals surface area contributed by atoms with Crippen LogP contribution in [0.5, 0.6) is 0 Å². The van der Waals surface area contributed by atoms with Crippen LogP contribution in [-0.2, 0) is 11.3 Å². The fourth-order valence-electron chi connectivity index (χ4n) is 3.18. The van der Waals surface area contributed by atoms with Gasteiger partial charge < -0.3 is 24.8 Å². The zero-order chi connectivity index (χ0) is 18.9. The Bertz CT molecular complexity index is 706. The van der Waals surface area contributed by atoms with Crippen molar-refractivity contribution in [3.05, 3.63) is 48.3 Å². The van der Waals surface area contributed by atoms with Crippen LogP contribution in [0.1, 0.15) is 30.4 Å². The van der Waals surface area contributed by atoms with Crippen molar-refractivity contribution in [3.63, 3.8) is 0 Å². The van der Waals surface area contributed by atoms with Crippen LogP contribution in [0, 0.1) is 0 Å². The van der Waals surface area contributed by atoms with E-state index in [4.69, 9.17) is 8.83 Å². The largest absolute Gasteiger partial charge is 0.468 e. The Morgan fingerprint density at radius 1 is 1.15 bits per heavy atom. The number of nitrogens with one attached hydrogen (secondary N) is 3. The second-order valence-corrected chi connectivity index (χ2v) is 6.44. The first kappa shape index (κ1) is 19.0. The highest BCUT2D eigenvalue weighted by Gasteiger charge is 2.25. The molecule has 27 heavy (non-hydrogen) atoms. The average molecular weight is 373 g/mol. The van der Waals surface area contributed by atoms with Gasteiger partial charge in [-0.3, -0.25) is 14.7 Å². The molecule has 8 nitrogen and oxygen atoms in total. The van der Waals surface area contributed by atoms with Crippen molar-refractivity contribution in [1.82, 2.24) is 20.9 Å². The molecule has 1 saturated heterocycles. The molecule has 1 unspecified atom stereocenters. The molecule has 3 rings (SSSR count). The van der Waals surface area contributed by atoms with Gasteiger partial charge in [-0.05, 0) is 50.2 Å². The van der Waals surface area contributed by atoms with Gasteiger partial charge in [0.1, 0.15) is 11.5 Å². The molecule has 8 heteroatoms. The molecular weight excluding hydrogens is 346 g/mol. The third kappa shape index (κ3) is 5.62. The van der Waals surface area contributed by atoms with Gasteiger partial charge in [0.15, 0.2) is 5.96 Å². The van der Waals surface area contributed by atoms with Crippen LogP contribution in [0.15, 0.2) is 50.6 Å². The van der Waals surface area contributed by atoms with Crippen LogP contribution in [0.25, 0.3) is 0 Å². The summed E-state index contributed by atoms with van der Waals surface area (Å²) in [6.07, 6.45) is 5.70. The zero-order valence-electron chi connectivity index (χ0n) is 15.6. The van der Waals surface area contributed by atoms with Gasteiger partial charge in [0.25, 0.3) is 0 Å². The maximum Gasteiger partial charge on any atom is 0.239 e. The van der Waals surface area contributed by atoms with Crippen LogP contribution in [0.2, 0.25) is 0 Å². The molecule has 1 aliphatic heterocycles. The fourth-order valence-corrected chi connectivity index (χ4v) is 3.18. The molecule has 0 spiro atoms. The molecule has 3 N–H and O–H groups in total. The van der Waals surface area contributed by atoms with Crippen molar-refractivity contribution < 1.29 is 13.6 Å². The molecule has 3 heterocycles. The maximum atomic E-state index is 12.0. The van der Waals surface area contributed by atoms with Gasteiger partial charge in [0, 0.05) is 13.6 Å². The smallest absolute Gasteiger partial charge is 0.239 e. The van der Waals surface area contributed by atoms with Gasteiger partial charge in [-0.1, -0.05) is 0 Å². The number of amides is 1. The van der Waals surface area contributed by atoms with Gasteiger partial charge in [-0.2, -0.15) is 0 Å².